The molecule has 6 heteroatoms. The summed E-state index contributed by atoms with van der Waals surface area (Å²) in [6.45, 7) is 1.90. The van der Waals surface area contributed by atoms with Gasteiger partial charge in [0.1, 0.15) is 0 Å². The Bertz CT molecular complexity index is 781. The second-order valence-electron chi connectivity index (χ2n) is 4.42. The van der Waals surface area contributed by atoms with E-state index >= 15 is 0 Å². The summed E-state index contributed by atoms with van der Waals surface area (Å²) in [6, 6.07) is 9.11. The second kappa shape index (κ2) is 5.71. The molecule has 0 saturated carbocycles. The molecule has 0 atom stereocenters. The third kappa shape index (κ3) is 2.84. The molecule has 0 aliphatic carbocycles. The molecule has 21 heavy (non-hydrogen) atoms. The van der Waals surface area contributed by atoms with Crippen molar-refractivity contribution in [3.63, 3.8) is 0 Å². The zero-order chi connectivity index (χ0) is 14.8. The van der Waals surface area contributed by atoms with E-state index in [4.69, 9.17) is 16.0 Å². The standard InChI is InChI=1S/C15H11ClN2O2S/c1-9-4-5-10(16)7-11(9)18-15(19)13-14(20-8-17-13)12-3-2-6-21-12/h2-8H,1H3,(H,18,19). The predicted molar refractivity (Wildman–Crippen MR) is 84.0 cm³/mol. The van der Waals surface area contributed by atoms with Gasteiger partial charge in [-0.25, -0.2) is 4.98 Å². The number of hydrogen-bond donors (Lipinski definition) is 1. The Balaban J connectivity index is 1.90. The Morgan fingerprint density at radius 1 is 1.38 bits per heavy atom. The minimum atomic E-state index is -0.322. The highest BCUT2D eigenvalue weighted by Crippen LogP contribution is 2.28. The Morgan fingerprint density at radius 3 is 3.00 bits per heavy atom. The average Bonchev–Trinajstić information content (AvgIpc) is 3.12. The van der Waals surface area contributed by atoms with Gasteiger partial charge in [0.25, 0.3) is 5.91 Å². The predicted octanol–water partition coefficient (Wildman–Crippen LogP) is 4.62. The summed E-state index contributed by atoms with van der Waals surface area (Å²) in [5.41, 5.74) is 1.85. The summed E-state index contributed by atoms with van der Waals surface area (Å²) < 4.78 is 5.33. The molecule has 3 aromatic rings. The van der Waals surface area contributed by atoms with Crippen LogP contribution in [-0.4, -0.2) is 10.9 Å². The van der Waals surface area contributed by atoms with Gasteiger partial charge in [-0.05, 0) is 36.1 Å². The molecule has 0 radical (unpaired) electrons. The van der Waals surface area contributed by atoms with Crippen molar-refractivity contribution in [3.8, 4) is 10.6 Å². The Morgan fingerprint density at radius 2 is 2.24 bits per heavy atom. The molecule has 1 N–H and O–H groups in total. The highest BCUT2D eigenvalue weighted by molar-refractivity contribution is 7.13. The maximum Gasteiger partial charge on any atom is 0.278 e. The molecule has 4 nitrogen and oxygen atoms in total. The fourth-order valence-corrected chi connectivity index (χ4v) is 2.79. The second-order valence-corrected chi connectivity index (χ2v) is 5.80. The minimum absolute atomic E-state index is 0.261. The van der Waals surface area contributed by atoms with Crippen molar-refractivity contribution in [2.75, 3.05) is 5.32 Å². The molecule has 2 aromatic heterocycles. The van der Waals surface area contributed by atoms with Gasteiger partial charge in [-0.15, -0.1) is 11.3 Å². The maximum absolute atomic E-state index is 12.4. The van der Waals surface area contributed by atoms with Crippen LogP contribution < -0.4 is 5.32 Å². The van der Waals surface area contributed by atoms with E-state index in [1.807, 2.05) is 30.5 Å². The van der Waals surface area contributed by atoms with Gasteiger partial charge in [0.2, 0.25) is 0 Å². The van der Waals surface area contributed by atoms with E-state index < -0.39 is 0 Å². The summed E-state index contributed by atoms with van der Waals surface area (Å²) in [4.78, 5) is 17.3. The first kappa shape index (κ1) is 13.9. The van der Waals surface area contributed by atoms with Gasteiger partial charge >= 0.3 is 0 Å². The molecule has 1 aromatic carbocycles. The summed E-state index contributed by atoms with van der Waals surface area (Å²) in [5, 5.41) is 5.30. The first-order chi connectivity index (χ1) is 10.1. The van der Waals surface area contributed by atoms with Crippen molar-refractivity contribution in [3.05, 3.63) is 58.4 Å². The number of benzene rings is 1. The van der Waals surface area contributed by atoms with Crippen LogP contribution in [0.25, 0.3) is 10.6 Å². The quantitative estimate of drug-likeness (QED) is 0.766. The van der Waals surface area contributed by atoms with Crippen molar-refractivity contribution in [1.29, 1.82) is 0 Å². The van der Waals surface area contributed by atoms with E-state index in [0.29, 0.717) is 16.5 Å². The number of hydrogen-bond acceptors (Lipinski definition) is 4. The van der Waals surface area contributed by atoms with Gasteiger partial charge in [0.15, 0.2) is 17.8 Å². The third-order valence-electron chi connectivity index (χ3n) is 2.98. The van der Waals surface area contributed by atoms with Crippen LogP contribution in [0.4, 0.5) is 5.69 Å². The van der Waals surface area contributed by atoms with Gasteiger partial charge in [-0.1, -0.05) is 23.7 Å². The number of nitrogens with one attached hydrogen (secondary N) is 1. The fraction of sp³-hybridized carbons (Fsp3) is 0.0667. The molecule has 3 rings (SSSR count). The molecular weight excluding hydrogens is 308 g/mol. The normalized spacial score (nSPS) is 10.6. The minimum Gasteiger partial charge on any atom is -0.442 e. The van der Waals surface area contributed by atoms with E-state index in [1.54, 1.807) is 12.1 Å². The average molecular weight is 319 g/mol. The molecule has 0 aliphatic heterocycles. The highest BCUT2D eigenvalue weighted by atomic mass is 35.5. The number of carbonyl (C=O) groups is 1. The SMILES string of the molecule is Cc1ccc(Cl)cc1NC(=O)c1ncoc1-c1cccs1. The van der Waals surface area contributed by atoms with Gasteiger partial charge in [-0.3, -0.25) is 4.79 Å². The molecule has 0 aliphatic rings. The smallest absolute Gasteiger partial charge is 0.278 e. The maximum atomic E-state index is 12.4. The Hall–Kier alpha value is -2.11. The molecule has 0 saturated heterocycles. The van der Waals surface area contributed by atoms with Crippen molar-refractivity contribution in [1.82, 2.24) is 4.98 Å². The summed E-state index contributed by atoms with van der Waals surface area (Å²) in [6.07, 6.45) is 1.27. The zero-order valence-corrected chi connectivity index (χ0v) is 12.7. The molecule has 0 fully saturated rings. The number of aryl methyl sites for hydroxylation is 1. The summed E-state index contributed by atoms with van der Waals surface area (Å²) >= 11 is 7.44. The number of aromatic nitrogens is 1. The van der Waals surface area contributed by atoms with E-state index in [-0.39, 0.29) is 11.6 Å². The molecule has 0 unspecified atom stereocenters. The molecule has 0 spiro atoms. The van der Waals surface area contributed by atoms with Crippen molar-refractivity contribution >= 4 is 34.5 Å². The Kier molecular flexibility index (Phi) is 3.77. The molecular formula is C15H11ClN2O2S. The lowest BCUT2D eigenvalue weighted by molar-refractivity contribution is 0.102. The fourth-order valence-electron chi connectivity index (χ4n) is 1.90. The number of halogens is 1. The van der Waals surface area contributed by atoms with Crippen molar-refractivity contribution in [2.45, 2.75) is 6.92 Å². The van der Waals surface area contributed by atoms with E-state index in [0.717, 1.165) is 10.4 Å². The van der Waals surface area contributed by atoms with Crippen LogP contribution in [0, 0.1) is 6.92 Å². The molecule has 1 amide bonds. The summed E-state index contributed by atoms with van der Waals surface area (Å²) in [5.74, 6) is 0.152. The zero-order valence-electron chi connectivity index (χ0n) is 11.1. The number of nitrogens with zero attached hydrogens (tertiary/aromatic N) is 1. The monoisotopic (exact) mass is 318 g/mol. The van der Waals surface area contributed by atoms with Crippen LogP contribution in [-0.2, 0) is 0 Å². The van der Waals surface area contributed by atoms with Gasteiger partial charge < -0.3 is 9.73 Å². The van der Waals surface area contributed by atoms with E-state index in [2.05, 4.69) is 10.3 Å². The largest absolute Gasteiger partial charge is 0.442 e. The van der Waals surface area contributed by atoms with Crippen molar-refractivity contribution in [2.24, 2.45) is 0 Å². The molecule has 2 heterocycles. The lowest BCUT2D eigenvalue weighted by Gasteiger charge is -2.07. The third-order valence-corrected chi connectivity index (χ3v) is 4.08. The van der Waals surface area contributed by atoms with E-state index in [1.165, 1.54) is 17.7 Å². The highest BCUT2D eigenvalue weighted by Gasteiger charge is 2.19. The lowest BCUT2D eigenvalue weighted by Crippen LogP contribution is -2.14. The Labute approximate surface area is 130 Å². The number of rotatable bonds is 3. The van der Waals surface area contributed by atoms with Crippen LogP contribution in [0.5, 0.6) is 0 Å². The number of thiophene rings is 1. The number of amides is 1. The van der Waals surface area contributed by atoms with Gasteiger partial charge in [0.05, 0.1) is 4.88 Å². The van der Waals surface area contributed by atoms with Gasteiger partial charge in [-0.2, -0.15) is 0 Å². The first-order valence-electron chi connectivity index (χ1n) is 6.20. The van der Waals surface area contributed by atoms with Crippen LogP contribution >= 0.6 is 22.9 Å². The first-order valence-corrected chi connectivity index (χ1v) is 7.46. The number of carbonyl (C=O) groups excluding carboxylic acids is 1. The van der Waals surface area contributed by atoms with Crippen LogP contribution in [0.15, 0.2) is 46.5 Å². The lowest BCUT2D eigenvalue weighted by atomic mass is 10.2. The van der Waals surface area contributed by atoms with Crippen LogP contribution in [0.2, 0.25) is 5.02 Å². The van der Waals surface area contributed by atoms with Crippen LogP contribution in [0.1, 0.15) is 16.1 Å². The van der Waals surface area contributed by atoms with E-state index in [9.17, 15) is 4.79 Å². The topological polar surface area (TPSA) is 55.1 Å². The molecule has 106 valence electrons. The number of oxazole rings is 1. The summed E-state index contributed by atoms with van der Waals surface area (Å²) in [7, 11) is 0. The molecule has 0 bridgehead atoms. The van der Waals surface area contributed by atoms with Crippen LogP contribution in [0.3, 0.4) is 0 Å². The number of anilines is 1. The van der Waals surface area contributed by atoms with Crippen molar-refractivity contribution < 1.29 is 9.21 Å². The van der Waals surface area contributed by atoms with Gasteiger partial charge in [0, 0.05) is 10.7 Å².